The monoisotopic (exact) mass is 447 g/mol. The van der Waals surface area contributed by atoms with E-state index >= 15 is 0 Å². The normalized spacial score (nSPS) is 14.8. The molecule has 0 aliphatic carbocycles. The van der Waals surface area contributed by atoms with Crippen LogP contribution in [0.2, 0.25) is 0 Å². The summed E-state index contributed by atoms with van der Waals surface area (Å²) in [5.41, 5.74) is 1.62. The predicted octanol–water partition coefficient (Wildman–Crippen LogP) is 5.94. The highest BCUT2D eigenvalue weighted by Gasteiger charge is 2.33. The number of rotatable bonds is 8. The maximum atomic E-state index is 13.0. The van der Waals surface area contributed by atoms with E-state index in [1.165, 1.54) is 11.8 Å². The molecule has 4 rings (SSSR count). The standard InChI is InChI=1S/C25H21NO3S2/c27-24-23(31-25(30)26(24)20-11-3-1-4-12-20)18-19-10-7-8-15-22(19)29-17-9-16-28-21-13-5-2-6-14-21/h1-8,10-15,18H,9,16-17H2/b23-18+. The number of carbonyl (C=O) groups is 1. The molecule has 156 valence electrons. The molecule has 1 saturated heterocycles. The van der Waals surface area contributed by atoms with Crippen molar-refractivity contribution in [1.82, 2.24) is 0 Å². The van der Waals surface area contributed by atoms with Crippen molar-refractivity contribution in [3.8, 4) is 11.5 Å². The lowest BCUT2D eigenvalue weighted by atomic mass is 10.2. The van der Waals surface area contributed by atoms with E-state index in [1.54, 1.807) is 4.90 Å². The molecular weight excluding hydrogens is 426 g/mol. The number of anilines is 1. The molecule has 1 amide bonds. The Hall–Kier alpha value is -3.09. The van der Waals surface area contributed by atoms with Crippen LogP contribution in [0.3, 0.4) is 0 Å². The van der Waals surface area contributed by atoms with Gasteiger partial charge in [-0.05, 0) is 36.4 Å². The van der Waals surface area contributed by atoms with Crippen LogP contribution in [0.4, 0.5) is 5.69 Å². The first kappa shape index (κ1) is 21.2. The zero-order chi connectivity index (χ0) is 21.5. The molecule has 31 heavy (non-hydrogen) atoms. The molecule has 0 spiro atoms. The van der Waals surface area contributed by atoms with Crippen LogP contribution < -0.4 is 14.4 Å². The first-order valence-electron chi connectivity index (χ1n) is 9.95. The van der Waals surface area contributed by atoms with E-state index < -0.39 is 0 Å². The summed E-state index contributed by atoms with van der Waals surface area (Å²) in [6.45, 7) is 1.09. The van der Waals surface area contributed by atoms with Crippen LogP contribution in [0.25, 0.3) is 6.08 Å². The highest BCUT2D eigenvalue weighted by Crippen LogP contribution is 2.37. The van der Waals surface area contributed by atoms with Gasteiger partial charge < -0.3 is 9.47 Å². The SMILES string of the molecule is O=C1/C(=C\c2ccccc2OCCCOc2ccccc2)SC(=S)N1c1ccccc1. The fraction of sp³-hybridized carbons (Fsp3) is 0.120. The second-order valence-corrected chi connectivity index (χ2v) is 8.43. The van der Waals surface area contributed by atoms with E-state index in [9.17, 15) is 4.79 Å². The van der Waals surface area contributed by atoms with Gasteiger partial charge in [-0.1, -0.05) is 78.6 Å². The van der Waals surface area contributed by atoms with Crippen molar-refractivity contribution in [3.63, 3.8) is 0 Å². The number of ether oxygens (including phenoxy) is 2. The van der Waals surface area contributed by atoms with Crippen LogP contribution in [0, 0.1) is 0 Å². The van der Waals surface area contributed by atoms with Crippen LogP contribution in [0.5, 0.6) is 11.5 Å². The number of thiocarbonyl (C=S) groups is 1. The zero-order valence-electron chi connectivity index (χ0n) is 16.8. The Morgan fingerprint density at radius 3 is 2.26 bits per heavy atom. The third-order valence-corrected chi connectivity index (χ3v) is 5.87. The first-order chi connectivity index (χ1) is 15.2. The van der Waals surface area contributed by atoms with Crippen molar-refractivity contribution in [1.29, 1.82) is 0 Å². The molecule has 1 heterocycles. The number of para-hydroxylation sites is 3. The molecule has 4 nitrogen and oxygen atoms in total. The topological polar surface area (TPSA) is 38.8 Å². The summed E-state index contributed by atoms with van der Waals surface area (Å²) in [6.07, 6.45) is 2.59. The molecule has 0 radical (unpaired) electrons. The van der Waals surface area contributed by atoms with E-state index in [2.05, 4.69) is 0 Å². The summed E-state index contributed by atoms with van der Waals surface area (Å²) < 4.78 is 12.2. The average Bonchev–Trinajstić information content (AvgIpc) is 3.08. The molecule has 6 heteroatoms. The lowest BCUT2D eigenvalue weighted by Gasteiger charge is -2.14. The van der Waals surface area contributed by atoms with Gasteiger partial charge >= 0.3 is 0 Å². The molecule has 0 unspecified atom stereocenters. The minimum atomic E-state index is -0.118. The third kappa shape index (κ3) is 5.34. The van der Waals surface area contributed by atoms with E-state index in [4.69, 9.17) is 21.7 Å². The van der Waals surface area contributed by atoms with Gasteiger partial charge in [-0.2, -0.15) is 0 Å². The number of hydrogen-bond donors (Lipinski definition) is 0. The maximum Gasteiger partial charge on any atom is 0.270 e. The summed E-state index contributed by atoms with van der Waals surface area (Å²) in [4.78, 5) is 15.1. The summed E-state index contributed by atoms with van der Waals surface area (Å²) in [5, 5.41) is 0. The Balaban J connectivity index is 1.39. The van der Waals surface area contributed by atoms with Crippen molar-refractivity contribution in [2.75, 3.05) is 18.1 Å². The van der Waals surface area contributed by atoms with Crippen LogP contribution in [-0.2, 0) is 4.79 Å². The largest absolute Gasteiger partial charge is 0.493 e. The van der Waals surface area contributed by atoms with Gasteiger partial charge in [0.15, 0.2) is 4.32 Å². The molecular formula is C25H21NO3S2. The summed E-state index contributed by atoms with van der Waals surface area (Å²) in [5.74, 6) is 1.46. The van der Waals surface area contributed by atoms with Gasteiger partial charge in [0, 0.05) is 12.0 Å². The van der Waals surface area contributed by atoms with Gasteiger partial charge in [-0.3, -0.25) is 9.69 Å². The molecule has 3 aromatic rings. The van der Waals surface area contributed by atoms with Crippen LogP contribution in [0.15, 0.2) is 89.8 Å². The smallest absolute Gasteiger partial charge is 0.270 e. The number of nitrogens with zero attached hydrogens (tertiary/aromatic N) is 1. The summed E-state index contributed by atoms with van der Waals surface area (Å²) in [6, 6.07) is 26.9. The molecule has 0 aromatic heterocycles. The predicted molar refractivity (Wildman–Crippen MR) is 131 cm³/mol. The number of amides is 1. The first-order valence-corrected chi connectivity index (χ1v) is 11.2. The Labute approximate surface area is 191 Å². The van der Waals surface area contributed by atoms with Crippen LogP contribution >= 0.6 is 24.0 Å². The minimum absolute atomic E-state index is 0.118. The molecule has 1 fully saturated rings. The molecule has 1 aliphatic heterocycles. The third-order valence-electron chi connectivity index (χ3n) is 4.57. The van der Waals surface area contributed by atoms with Gasteiger partial charge in [0.2, 0.25) is 0 Å². The number of carbonyl (C=O) groups excluding carboxylic acids is 1. The second-order valence-electron chi connectivity index (χ2n) is 6.75. The quantitative estimate of drug-likeness (QED) is 0.243. The van der Waals surface area contributed by atoms with Crippen molar-refractivity contribution in [2.24, 2.45) is 0 Å². The maximum absolute atomic E-state index is 13.0. The molecule has 0 N–H and O–H groups in total. The van der Waals surface area contributed by atoms with E-state index in [0.717, 1.165) is 29.2 Å². The average molecular weight is 448 g/mol. The van der Waals surface area contributed by atoms with Crippen molar-refractivity contribution in [3.05, 3.63) is 95.4 Å². The Kier molecular flexibility index (Phi) is 7.02. The number of benzene rings is 3. The van der Waals surface area contributed by atoms with E-state index in [-0.39, 0.29) is 5.91 Å². The molecule has 1 aliphatic rings. The Morgan fingerprint density at radius 1 is 0.839 bits per heavy atom. The highest BCUT2D eigenvalue weighted by atomic mass is 32.2. The highest BCUT2D eigenvalue weighted by molar-refractivity contribution is 8.27. The van der Waals surface area contributed by atoms with Gasteiger partial charge in [0.1, 0.15) is 11.5 Å². The zero-order valence-corrected chi connectivity index (χ0v) is 18.4. The van der Waals surface area contributed by atoms with Gasteiger partial charge in [-0.25, -0.2) is 0 Å². The molecule has 3 aromatic carbocycles. The van der Waals surface area contributed by atoms with Gasteiger partial charge in [0.25, 0.3) is 5.91 Å². The molecule has 0 saturated carbocycles. The van der Waals surface area contributed by atoms with Crippen LogP contribution in [0.1, 0.15) is 12.0 Å². The summed E-state index contributed by atoms with van der Waals surface area (Å²) >= 11 is 6.75. The van der Waals surface area contributed by atoms with Gasteiger partial charge in [-0.15, -0.1) is 0 Å². The Bertz CT molecular complexity index is 1080. The lowest BCUT2D eigenvalue weighted by molar-refractivity contribution is -0.113. The van der Waals surface area contributed by atoms with Crippen molar-refractivity contribution < 1.29 is 14.3 Å². The van der Waals surface area contributed by atoms with Gasteiger partial charge in [0.05, 0.1) is 23.8 Å². The Morgan fingerprint density at radius 2 is 1.48 bits per heavy atom. The second kappa shape index (κ2) is 10.3. The van der Waals surface area contributed by atoms with Crippen molar-refractivity contribution >= 4 is 46.0 Å². The lowest BCUT2D eigenvalue weighted by Crippen LogP contribution is -2.27. The molecule has 0 bridgehead atoms. The summed E-state index contributed by atoms with van der Waals surface area (Å²) in [7, 11) is 0. The van der Waals surface area contributed by atoms with E-state index in [1.807, 2.05) is 91.0 Å². The minimum Gasteiger partial charge on any atom is -0.493 e. The van der Waals surface area contributed by atoms with E-state index in [0.29, 0.717) is 22.4 Å². The number of hydrogen-bond acceptors (Lipinski definition) is 5. The van der Waals surface area contributed by atoms with Crippen LogP contribution in [-0.4, -0.2) is 23.4 Å². The van der Waals surface area contributed by atoms with Crippen molar-refractivity contribution in [2.45, 2.75) is 6.42 Å². The number of thioether (sulfide) groups is 1. The fourth-order valence-electron chi connectivity index (χ4n) is 3.09. The fourth-order valence-corrected chi connectivity index (χ4v) is 4.38. The molecule has 0 atom stereocenters.